The first-order valence-electron chi connectivity index (χ1n) is 8.45. The second-order valence-corrected chi connectivity index (χ2v) is 7.08. The van der Waals surface area contributed by atoms with Crippen molar-refractivity contribution in [2.75, 3.05) is 18.4 Å². The first kappa shape index (κ1) is 21.1. The summed E-state index contributed by atoms with van der Waals surface area (Å²) in [4.78, 5) is 14.8. The van der Waals surface area contributed by atoms with Crippen LogP contribution < -0.4 is 11.1 Å². The highest BCUT2D eigenvalue weighted by atomic mass is 35.5. The van der Waals surface area contributed by atoms with Crippen molar-refractivity contribution < 1.29 is 4.79 Å². The van der Waals surface area contributed by atoms with Crippen molar-refractivity contribution in [2.24, 2.45) is 11.7 Å². The van der Waals surface area contributed by atoms with E-state index in [4.69, 9.17) is 5.73 Å². The van der Waals surface area contributed by atoms with Gasteiger partial charge in [-0.05, 0) is 38.3 Å². The lowest BCUT2D eigenvalue weighted by Crippen LogP contribution is -2.53. The minimum absolute atomic E-state index is 0. The molecule has 0 radical (unpaired) electrons. The number of nitrogens with two attached hydrogens (primary N) is 1. The summed E-state index contributed by atoms with van der Waals surface area (Å²) in [6, 6.07) is 10.6. The maximum Gasteiger partial charge on any atom is 0.227 e. The Kier molecular flexibility index (Phi) is 7.84. The van der Waals surface area contributed by atoms with E-state index in [2.05, 4.69) is 17.4 Å². The Hall–Kier alpha value is -0.970. The summed E-state index contributed by atoms with van der Waals surface area (Å²) in [6.45, 7) is 3.68. The number of benzene rings is 1. The van der Waals surface area contributed by atoms with Gasteiger partial charge < -0.3 is 16.0 Å². The largest absolute Gasteiger partial charge is 0.380 e. The lowest BCUT2D eigenvalue weighted by Gasteiger charge is -2.39. The summed E-state index contributed by atoms with van der Waals surface area (Å²) in [5.41, 5.74) is 7.18. The van der Waals surface area contributed by atoms with Gasteiger partial charge in [-0.2, -0.15) is 0 Å². The molecule has 24 heavy (non-hydrogen) atoms. The van der Waals surface area contributed by atoms with Crippen LogP contribution in [-0.2, 0) is 4.79 Å². The number of hydrogen-bond acceptors (Lipinski definition) is 3. The van der Waals surface area contributed by atoms with Crippen molar-refractivity contribution in [3.05, 3.63) is 30.3 Å². The smallest absolute Gasteiger partial charge is 0.227 e. The zero-order chi connectivity index (χ0) is 15.6. The summed E-state index contributed by atoms with van der Waals surface area (Å²) >= 11 is 0. The normalized spacial score (nSPS) is 29.3. The van der Waals surface area contributed by atoms with Gasteiger partial charge in [-0.3, -0.25) is 4.79 Å². The van der Waals surface area contributed by atoms with Crippen molar-refractivity contribution in [1.82, 2.24) is 4.90 Å². The molecular weight excluding hydrogens is 345 g/mol. The highest BCUT2D eigenvalue weighted by molar-refractivity contribution is 5.85. The molecule has 136 valence electrons. The molecule has 1 aromatic carbocycles. The van der Waals surface area contributed by atoms with Crippen LogP contribution in [0.25, 0.3) is 0 Å². The molecule has 0 bridgehead atoms. The Morgan fingerprint density at radius 3 is 2.58 bits per heavy atom. The van der Waals surface area contributed by atoms with Crippen LogP contribution in [-0.4, -0.2) is 35.5 Å². The van der Waals surface area contributed by atoms with Gasteiger partial charge in [0.2, 0.25) is 5.91 Å². The van der Waals surface area contributed by atoms with Crippen LogP contribution in [0.4, 0.5) is 5.69 Å². The third-order valence-electron chi connectivity index (χ3n) is 5.20. The summed E-state index contributed by atoms with van der Waals surface area (Å²) in [5, 5.41) is 3.52. The Bertz CT molecular complexity index is 524. The Morgan fingerprint density at radius 1 is 1.21 bits per heavy atom. The van der Waals surface area contributed by atoms with Gasteiger partial charge in [-0.15, -0.1) is 24.8 Å². The molecule has 6 heteroatoms. The number of carbonyl (C=O) groups excluding carboxylic acids is 1. The molecule has 1 aliphatic heterocycles. The fraction of sp³-hybridized carbons (Fsp3) is 0.611. The predicted molar refractivity (Wildman–Crippen MR) is 104 cm³/mol. The summed E-state index contributed by atoms with van der Waals surface area (Å²) in [7, 11) is 0. The van der Waals surface area contributed by atoms with Crippen LogP contribution >= 0.6 is 24.8 Å². The molecule has 4 nitrogen and oxygen atoms in total. The number of rotatable bonds is 3. The van der Waals surface area contributed by atoms with Crippen molar-refractivity contribution in [2.45, 2.75) is 50.6 Å². The van der Waals surface area contributed by atoms with E-state index in [1.807, 2.05) is 30.0 Å². The molecule has 1 aliphatic carbocycles. The number of para-hydroxylation sites is 1. The fourth-order valence-electron chi connectivity index (χ4n) is 3.83. The van der Waals surface area contributed by atoms with Gasteiger partial charge in [0.15, 0.2) is 0 Å². The van der Waals surface area contributed by atoms with Crippen LogP contribution in [0.1, 0.15) is 39.0 Å². The Morgan fingerprint density at radius 2 is 1.92 bits per heavy atom. The van der Waals surface area contributed by atoms with Gasteiger partial charge in [0, 0.05) is 30.4 Å². The van der Waals surface area contributed by atoms with E-state index in [1.165, 1.54) is 0 Å². The summed E-state index contributed by atoms with van der Waals surface area (Å²) in [5.74, 6) is 0.263. The molecule has 3 atom stereocenters. The molecule has 1 amide bonds. The van der Waals surface area contributed by atoms with E-state index in [0.29, 0.717) is 6.04 Å². The van der Waals surface area contributed by atoms with Crippen molar-refractivity contribution >= 4 is 36.4 Å². The average molecular weight is 374 g/mol. The van der Waals surface area contributed by atoms with E-state index in [9.17, 15) is 4.79 Å². The van der Waals surface area contributed by atoms with E-state index in [-0.39, 0.29) is 42.2 Å². The van der Waals surface area contributed by atoms with Crippen LogP contribution in [0, 0.1) is 5.92 Å². The van der Waals surface area contributed by atoms with Gasteiger partial charge >= 0.3 is 0 Å². The van der Waals surface area contributed by atoms with Gasteiger partial charge in [-0.1, -0.05) is 31.0 Å². The van der Waals surface area contributed by atoms with Crippen molar-refractivity contribution in [3.63, 3.8) is 0 Å². The van der Waals surface area contributed by atoms with Crippen LogP contribution in [0.5, 0.6) is 0 Å². The molecule has 1 heterocycles. The molecular formula is C18H29Cl2N3O. The number of amides is 1. The van der Waals surface area contributed by atoms with Crippen molar-refractivity contribution in [3.8, 4) is 0 Å². The lowest BCUT2D eigenvalue weighted by molar-refractivity contribution is -0.137. The van der Waals surface area contributed by atoms with E-state index < -0.39 is 0 Å². The number of nitrogens with one attached hydrogen (secondary N) is 1. The molecule has 0 spiro atoms. The molecule has 2 fully saturated rings. The number of nitrogens with zero attached hydrogens (tertiary/aromatic N) is 1. The molecule has 3 rings (SSSR count). The first-order chi connectivity index (χ1) is 10.6. The number of anilines is 1. The first-order valence-corrected chi connectivity index (χ1v) is 8.45. The SMILES string of the molecule is CC1(N)CCCCC1C(=O)N1CCC(Nc2ccccc2)C1.Cl.Cl. The van der Waals surface area contributed by atoms with E-state index in [1.54, 1.807) is 0 Å². The highest BCUT2D eigenvalue weighted by Gasteiger charge is 2.41. The summed E-state index contributed by atoms with van der Waals surface area (Å²) < 4.78 is 0. The van der Waals surface area contributed by atoms with Gasteiger partial charge in [0.05, 0.1) is 5.92 Å². The number of halogens is 2. The van der Waals surface area contributed by atoms with Gasteiger partial charge in [0.25, 0.3) is 0 Å². The molecule has 1 aromatic rings. The third kappa shape index (κ3) is 4.78. The lowest BCUT2D eigenvalue weighted by atomic mass is 9.74. The second-order valence-electron chi connectivity index (χ2n) is 7.08. The topological polar surface area (TPSA) is 58.4 Å². The molecule has 1 saturated carbocycles. The van der Waals surface area contributed by atoms with E-state index >= 15 is 0 Å². The third-order valence-corrected chi connectivity index (χ3v) is 5.20. The second kappa shape index (κ2) is 8.93. The zero-order valence-electron chi connectivity index (χ0n) is 14.2. The van der Waals surface area contributed by atoms with Gasteiger partial charge in [0.1, 0.15) is 0 Å². The van der Waals surface area contributed by atoms with Crippen LogP contribution in [0.15, 0.2) is 30.3 Å². The molecule has 0 aromatic heterocycles. The molecule has 2 aliphatic rings. The Balaban J connectivity index is 0.00000144. The maximum absolute atomic E-state index is 12.8. The van der Waals surface area contributed by atoms with Crippen LogP contribution in [0.2, 0.25) is 0 Å². The minimum atomic E-state index is -0.333. The average Bonchev–Trinajstić information content (AvgIpc) is 2.96. The number of hydrogen-bond donors (Lipinski definition) is 2. The zero-order valence-corrected chi connectivity index (χ0v) is 15.9. The maximum atomic E-state index is 12.8. The number of carbonyl (C=O) groups is 1. The minimum Gasteiger partial charge on any atom is -0.380 e. The van der Waals surface area contributed by atoms with Gasteiger partial charge in [-0.25, -0.2) is 0 Å². The van der Waals surface area contributed by atoms with E-state index in [0.717, 1.165) is 50.9 Å². The number of likely N-dealkylation sites (tertiary alicyclic amines) is 1. The van der Waals surface area contributed by atoms with Crippen molar-refractivity contribution in [1.29, 1.82) is 0 Å². The monoisotopic (exact) mass is 373 g/mol. The highest BCUT2D eigenvalue weighted by Crippen LogP contribution is 2.33. The Labute approximate surface area is 157 Å². The fourth-order valence-corrected chi connectivity index (χ4v) is 3.83. The molecule has 3 N–H and O–H groups in total. The molecule has 1 saturated heterocycles. The standard InChI is InChI=1S/C18H27N3O.2ClH/c1-18(19)11-6-5-9-16(18)17(22)21-12-10-15(13-21)20-14-7-3-2-4-8-14;;/h2-4,7-8,15-16,20H,5-6,9-13,19H2,1H3;2*1H. The van der Waals surface area contributed by atoms with Crippen LogP contribution in [0.3, 0.4) is 0 Å². The molecule has 3 unspecified atom stereocenters. The quantitative estimate of drug-likeness (QED) is 0.852. The predicted octanol–water partition coefficient (Wildman–Crippen LogP) is 3.45. The summed E-state index contributed by atoms with van der Waals surface area (Å²) in [6.07, 6.45) is 5.19.